The SMILES string of the molecule is CCNCC(O)Cn1ccc(=O)cc1. The van der Waals surface area contributed by atoms with E-state index in [1.54, 1.807) is 17.0 Å². The van der Waals surface area contributed by atoms with Crippen LogP contribution in [0.25, 0.3) is 0 Å². The summed E-state index contributed by atoms with van der Waals surface area (Å²) in [5, 5.41) is 12.6. The maximum Gasteiger partial charge on any atom is 0.181 e. The van der Waals surface area contributed by atoms with E-state index in [0.717, 1.165) is 6.54 Å². The Labute approximate surface area is 83.2 Å². The Balaban J connectivity index is 2.43. The molecule has 78 valence electrons. The van der Waals surface area contributed by atoms with Gasteiger partial charge in [0, 0.05) is 37.6 Å². The summed E-state index contributed by atoms with van der Waals surface area (Å²) in [4.78, 5) is 10.8. The number of hydrogen-bond donors (Lipinski definition) is 2. The highest BCUT2D eigenvalue weighted by Gasteiger charge is 2.02. The van der Waals surface area contributed by atoms with Gasteiger partial charge in [-0.1, -0.05) is 6.92 Å². The number of hydrogen-bond acceptors (Lipinski definition) is 3. The molecule has 1 heterocycles. The highest BCUT2D eigenvalue weighted by atomic mass is 16.3. The Bertz CT molecular complexity index is 302. The van der Waals surface area contributed by atoms with E-state index in [1.165, 1.54) is 12.1 Å². The first kappa shape index (κ1) is 10.9. The Hall–Kier alpha value is -1.13. The van der Waals surface area contributed by atoms with Crippen LogP contribution in [0.5, 0.6) is 0 Å². The molecule has 0 aromatic carbocycles. The highest BCUT2D eigenvalue weighted by Crippen LogP contribution is 1.90. The minimum absolute atomic E-state index is 0.0116. The molecule has 0 spiro atoms. The molecule has 0 saturated heterocycles. The predicted molar refractivity (Wildman–Crippen MR) is 55.3 cm³/mol. The molecule has 1 aromatic rings. The zero-order valence-electron chi connectivity index (χ0n) is 8.31. The van der Waals surface area contributed by atoms with Gasteiger partial charge in [0.15, 0.2) is 5.43 Å². The lowest BCUT2D eigenvalue weighted by Gasteiger charge is -2.12. The smallest absolute Gasteiger partial charge is 0.181 e. The lowest BCUT2D eigenvalue weighted by atomic mass is 10.3. The molecule has 0 fully saturated rings. The number of nitrogens with zero attached hydrogens (tertiary/aromatic N) is 1. The van der Waals surface area contributed by atoms with Crippen molar-refractivity contribution < 1.29 is 5.11 Å². The minimum atomic E-state index is -0.419. The van der Waals surface area contributed by atoms with Gasteiger partial charge < -0.3 is 15.0 Å². The monoisotopic (exact) mass is 196 g/mol. The second-order valence-electron chi connectivity index (χ2n) is 3.19. The Morgan fingerprint density at radius 2 is 2.14 bits per heavy atom. The first-order valence-corrected chi connectivity index (χ1v) is 4.77. The van der Waals surface area contributed by atoms with Gasteiger partial charge in [-0.05, 0) is 6.54 Å². The van der Waals surface area contributed by atoms with E-state index in [0.29, 0.717) is 13.1 Å². The number of nitrogens with one attached hydrogen (secondary N) is 1. The quantitative estimate of drug-likeness (QED) is 0.687. The van der Waals surface area contributed by atoms with Crippen LogP contribution >= 0.6 is 0 Å². The van der Waals surface area contributed by atoms with Crippen LogP contribution in [-0.4, -0.2) is 28.9 Å². The molecule has 4 nitrogen and oxygen atoms in total. The summed E-state index contributed by atoms with van der Waals surface area (Å²) in [7, 11) is 0. The number of aliphatic hydroxyl groups excluding tert-OH is 1. The third-order valence-electron chi connectivity index (χ3n) is 1.91. The zero-order chi connectivity index (χ0) is 10.4. The van der Waals surface area contributed by atoms with Crippen molar-refractivity contribution in [3.05, 3.63) is 34.7 Å². The normalized spacial score (nSPS) is 12.7. The highest BCUT2D eigenvalue weighted by molar-refractivity contribution is 4.93. The van der Waals surface area contributed by atoms with Gasteiger partial charge in [-0.15, -0.1) is 0 Å². The number of aliphatic hydroxyl groups is 1. The standard InChI is InChI=1S/C10H16N2O2/c1-2-11-7-10(14)8-12-5-3-9(13)4-6-12/h3-6,10-11,14H,2,7-8H2,1H3. The summed E-state index contributed by atoms with van der Waals surface area (Å²) in [6.07, 6.45) is 2.94. The molecule has 1 atom stereocenters. The molecule has 1 aromatic heterocycles. The maximum atomic E-state index is 10.8. The molecule has 0 aliphatic carbocycles. The van der Waals surface area contributed by atoms with Crippen LogP contribution in [0.4, 0.5) is 0 Å². The van der Waals surface area contributed by atoms with Gasteiger partial charge in [-0.2, -0.15) is 0 Å². The number of aromatic nitrogens is 1. The summed E-state index contributed by atoms with van der Waals surface area (Å²) in [5.41, 5.74) is -0.0116. The Morgan fingerprint density at radius 3 is 2.71 bits per heavy atom. The van der Waals surface area contributed by atoms with E-state index in [2.05, 4.69) is 5.32 Å². The van der Waals surface area contributed by atoms with Crippen molar-refractivity contribution in [2.75, 3.05) is 13.1 Å². The van der Waals surface area contributed by atoms with Crippen molar-refractivity contribution in [3.63, 3.8) is 0 Å². The predicted octanol–water partition coefficient (Wildman–Crippen LogP) is -0.181. The van der Waals surface area contributed by atoms with E-state index in [4.69, 9.17) is 0 Å². The molecule has 2 N–H and O–H groups in total. The first-order chi connectivity index (χ1) is 6.72. The van der Waals surface area contributed by atoms with Crippen LogP contribution in [0.2, 0.25) is 0 Å². The third kappa shape index (κ3) is 3.72. The number of rotatable bonds is 5. The molecule has 1 unspecified atom stereocenters. The van der Waals surface area contributed by atoms with E-state index >= 15 is 0 Å². The fourth-order valence-corrected chi connectivity index (χ4v) is 1.18. The van der Waals surface area contributed by atoms with Crippen molar-refractivity contribution >= 4 is 0 Å². The largest absolute Gasteiger partial charge is 0.390 e. The second kappa shape index (κ2) is 5.57. The van der Waals surface area contributed by atoms with Crippen molar-refractivity contribution in [2.24, 2.45) is 0 Å². The molecule has 0 bridgehead atoms. The molecule has 4 heteroatoms. The second-order valence-corrected chi connectivity index (χ2v) is 3.19. The first-order valence-electron chi connectivity index (χ1n) is 4.77. The molecule has 1 rings (SSSR count). The average Bonchev–Trinajstić information content (AvgIpc) is 2.18. The number of pyridine rings is 1. The van der Waals surface area contributed by atoms with E-state index in [-0.39, 0.29) is 5.43 Å². The van der Waals surface area contributed by atoms with Crippen LogP contribution in [0.1, 0.15) is 6.92 Å². The van der Waals surface area contributed by atoms with Gasteiger partial charge in [-0.25, -0.2) is 0 Å². The van der Waals surface area contributed by atoms with Crippen LogP contribution < -0.4 is 10.7 Å². The lowest BCUT2D eigenvalue weighted by Crippen LogP contribution is -2.30. The molecular formula is C10H16N2O2. The molecule has 0 aliphatic heterocycles. The average molecular weight is 196 g/mol. The van der Waals surface area contributed by atoms with Gasteiger partial charge in [0.2, 0.25) is 0 Å². The van der Waals surface area contributed by atoms with Crippen molar-refractivity contribution in [1.29, 1.82) is 0 Å². The van der Waals surface area contributed by atoms with E-state index in [9.17, 15) is 9.90 Å². The summed E-state index contributed by atoms with van der Waals surface area (Å²) in [5.74, 6) is 0. The van der Waals surface area contributed by atoms with Crippen LogP contribution in [-0.2, 0) is 6.54 Å². The van der Waals surface area contributed by atoms with Gasteiger partial charge >= 0.3 is 0 Å². The van der Waals surface area contributed by atoms with Crippen LogP contribution in [0.15, 0.2) is 29.3 Å². The number of likely N-dealkylation sites (N-methyl/N-ethyl adjacent to an activating group) is 1. The van der Waals surface area contributed by atoms with Crippen LogP contribution in [0.3, 0.4) is 0 Å². The van der Waals surface area contributed by atoms with E-state index < -0.39 is 6.10 Å². The fraction of sp³-hybridized carbons (Fsp3) is 0.500. The summed E-state index contributed by atoms with van der Waals surface area (Å²) >= 11 is 0. The topological polar surface area (TPSA) is 54.3 Å². The minimum Gasteiger partial charge on any atom is -0.390 e. The molecule has 0 aliphatic rings. The maximum absolute atomic E-state index is 10.8. The molecule has 0 radical (unpaired) electrons. The summed E-state index contributed by atoms with van der Waals surface area (Å²) in [6, 6.07) is 2.97. The Kier molecular flexibility index (Phi) is 4.35. The molecule has 0 saturated carbocycles. The van der Waals surface area contributed by atoms with Crippen molar-refractivity contribution in [1.82, 2.24) is 9.88 Å². The Morgan fingerprint density at radius 1 is 1.50 bits per heavy atom. The lowest BCUT2D eigenvalue weighted by molar-refractivity contribution is 0.152. The molecule has 0 amide bonds. The van der Waals surface area contributed by atoms with E-state index in [1.807, 2.05) is 6.92 Å². The molecular weight excluding hydrogens is 180 g/mol. The summed E-state index contributed by atoms with van der Waals surface area (Å²) < 4.78 is 1.80. The van der Waals surface area contributed by atoms with Crippen molar-refractivity contribution in [2.45, 2.75) is 19.6 Å². The van der Waals surface area contributed by atoms with Gasteiger partial charge in [0.1, 0.15) is 0 Å². The van der Waals surface area contributed by atoms with Crippen molar-refractivity contribution in [3.8, 4) is 0 Å². The molecule has 14 heavy (non-hydrogen) atoms. The van der Waals surface area contributed by atoms with Gasteiger partial charge in [-0.3, -0.25) is 4.79 Å². The zero-order valence-corrected chi connectivity index (χ0v) is 8.31. The van der Waals surface area contributed by atoms with Crippen LogP contribution in [0, 0.1) is 0 Å². The van der Waals surface area contributed by atoms with Gasteiger partial charge in [0.05, 0.1) is 6.10 Å². The fourth-order valence-electron chi connectivity index (χ4n) is 1.18. The third-order valence-corrected chi connectivity index (χ3v) is 1.91. The summed E-state index contributed by atoms with van der Waals surface area (Å²) in [6.45, 7) is 3.92. The van der Waals surface area contributed by atoms with Gasteiger partial charge in [0.25, 0.3) is 0 Å².